The summed E-state index contributed by atoms with van der Waals surface area (Å²) in [7, 11) is 3.71. The number of rotatable bonds is 7. The van der Waals surface area contributed by atoms with Gasteiger partial charge in [0.2, 0.25) is 5.91 Å². The molecule has 0 saturated carbocycles. The van der Waals surface area contributed by atoms with E-state index in [9.17, 15) is 9.59 Å². The molecule has 31 heavy (non-hydrogen) atoms. The second-order valence-electron chi connectivity index (χ2n) is 8.25. The van der Waals surface area contributed by atoms with E-state index in [0.29, 0.717) is 17.0 Å². The molecule has 1 fully saturated rings. The van der Waals surface area contributed by atoms with Crippen LogP contribution in [-0.4, -0.2) is 63.1 Å². The number of methoxy groups -OCH3 is 1. The lowest BCUT2D eigenvalue weighted by Crippen LogP contribution is -2.47. The SMILES string of the molecule is COc1ccc(C(=O)NC(C(=O)Nc2ccc(N3CCN(C)CC3)cc2)C(C)C)cc1. The van der Waals surface area contributed by atoms with E-state index in [1.807, 2.05) is 38.1 Å². The van der Waals surface area contributed by atoms with Crippen molar-refractivity contribution in [2.75, 3.05) is 50.6 Å². The zero-order valence-corrected chi connectivity index (χ0v) is 18.7. The molecule has 3 rings (SSSR count). The highest BCUT2D eigenvalue weighted by molar-refractivity contribution is 6.01. The highest BCUT2D eigenvalue weighted by Gasteiger charge is 2.25. The molecule has 166 valence electrons. The highest BCUT2D eigenvalue weighted by Crippen LogP contribution is 2.20. The number of likely N-dealkylation sites (N-methyl/N-ethyl adjacent to an activating group) is 1. The first-order valence-corrected chi connectivity index (χ1v) is 10.7. The molecule has 1 saturated heterocycles. The summed E-state index contributed by atoms with van der Waals surface area (Å²) in [6, 6.07) is 14.0. The summed E-state index contributed by atoms with van der Waals surface area (Å²) in [6.45, 7) is 7.90. The summed E-state index contributed by atoms with van der Waals surface area (Å²) in [5, 5.41) is 5.79. The molecule has 1 heterocycles. The minimum Gasteiger partial charge on any atom is -0.497 e. The van der Waals surface area contributed by atoms with Crippen molar-refractivity contribution in [3.8, 4) is 5.75 Å². The molecule has 1 atom stereocenters. The lowest BCUT2D eigenvalue weighted by atomic mass is 10.0. The average molecular weight is 425 g/mol. The van der Waals surface area contributed by atoms with Gasteiger partial charge >= 0.3 is 0 Å². The third-order valence-electron chi connectivity index (χ3n) is 5.59. The zero-order valence-electron chi connectivity index (χ0n) is 18.7. The van der Waals surface area contributed by atoms with Crippen molar-refractivity contribution in [3.05, 3.63) is 54.1 Å². The normalized spacial score (nSPS) is 15.5. The maximum Gasteiger partial charge on any atom is 0.251 e. The molecule has 2 aromatic rings. The smallest absolute Gasteiger partial charge is 0.251 e. The maximum absolute atomic E-state index is 12.9. The van der Waals surface area contributed by atoms with E-state index in [0.717, 1.165) is 31.9 Å². The lowest BCUT2D eigenvalue weighted by molar-refractivity contribution is -0.118. The standard InChI is InChI=1S/C24H32N4O3/c1-17(2)22(26-23(29)18-5-11-21(31-4)12-6-18)24(30)25-19-7-9-20(10-8-19)28-15-13-27(3)14-16-28/h5-12,17,22H,13-16H2,1-4H3,(H,25,30)(H,26,29). The Morgan fingerprint density at radius 3 is 2.10 bits per heavy atom. The van der Waals surface area contributed by atoms with E-state index in [1.165, 1.54) is 0 Å². The van der Waals surface area contributed by atoms with Crippen LogP contribution in [0.15, 0.2) is 48.5 Å². The first kappa shape index (κ1) is 22.6. The van der Waals surface area contributed by atoms with Gasteiger partial charge in [-0.2, -0.15) is 0 Å². The van der Waals surface area contributed by atoms with E-state index in [1.54, 1.807) is 31.4 Å². The molecule has 0 spiro atoms. The fourth-order valence-corrected chi connectivity index (χ4v) is 3.54. The molecule has 7 heteroatoms. The number of nitrogens with one attached hydrogen (secondary N) is 2. The molecule has 1 aliphatic rings. The Balaban J connectivity index is 1.61. The first-order valence-electron chi connectivity index (χ1n) is 10.7. The van der Waals surface area contributed by atoms with Gasteiger partial charge in [-0.1, -0.05) is 13.8 Å². The van der Waals surface area contributed by atoms with E-state index in [4.69, 9.17) is 4.74 Å². The Bertz CT molecular complexity index is 873. The van der Waals surface area contributed by atoms with E-state index < -0.39 is 6.04 Å². The number of carbonyl (C=O) groups is 2. The Morgan fingerprint density at radius 1 is 0.935 bits per heavy atom. The third-order valence-corrected chi connectivity index (χ3v) is 5.59. The van der Waals surface area contributed by atoms with Crippen LogP contribution >= 0.6 is 0 Å². The molecular weight excluding hydrogens is 392 g/mol. The van der Waals surface area contributed by atoms with Crippen LogP contribution in [0.5, 0.6) is 5.75 Å². The van der Waals surface area contributed by atoms with Gasteiger partial charge in [0.25, 0.3) is 5.91 Å². The Labute approximate surface area is 184 Å². The van der Waals surface area contributed by atoms with Crippen molar-refractivity contribution in [1.82, 2.24) is 10.2 Å². The van der Waals surface area contributed by atoms with Crippen LogP contribution in [-0.2, 0) is 4.79 Å². The number of hydrogen-bond donors (Lipinski definition) is 2. The molecular formula is C24H32N4O3. The monoisotopic (exact) mass is 424 g/mol. The Kier molecular flexibility index (Phi) is 7.52. The number of hydrogen-bond acceptors (Lipinski definition) is 5. The number of benzene rings is 2. The van der Waals surface area contributed by atoms with Gasteiger partial charge in [-0.05, 0) is 61.5 Å². The molecule has 0 radical (unpaired) electrons. The summed E-state index contributed by atoms with van der Waals surface area (Å²) in [5.74, 6) is 0.0904. The van der Waals surface area contributed by atoms with Crippen LogP contribution in [0.2, 0.25) is 0 Å². The predicted molar refractivity (Wildman–Crippen MR) is 124 cm³/mol. The van der Waals surface area contributed by atoms with Gasteiger partial charge in [-0.3, -0.25) is 9.59 Å². The topological polar surface area (TPSA) is 73.9 Å². The fraction of sp³-hybridized carbons (Fsp3) is 0.417. The summed E-state index contributed by atoms with van der Waals surface area (Å²) in [4.78, 5) is 30.2. The minimum absolute atomic E-state index is 0.0631. The number of piperazine rings is 1. The van der Waals surface area contributed by atoms with Gasteiger partial charge in [0.15, 0.2) is 0 Å². The minimum atomic E-state index is -0.646. The Hall–Kier alpha value is -3.06. The zero-order chi connectivity index (χ0) is 22.4. The molecule has 0 bridgehead atoms. The number of carbonyl (C=O) groups excluding carboxylic acids is 2. The second kappa shape index (κ2) is 10.3. The van der Waals surface area contributed by atoms with Crippen LogP contribution in [0.25, 0.3) is 0 Å². The summed E-state index contributed by atoms with van der Waals surface area (Å²) >= 11 is 0. The van der Waals surface area contributed by atoms with Crippen molar-refractivity contribution in [2.45, 2.75) is 19.9 Å². The number of amides is 2. The van der Waals surface area contributed by atoms with Crippen molar-refractivity contribution in [3.63, 3.8) is 0 Å². The molecule has 0 aromatic heterocycles. The van der Waals surface area contributed by atoms with Gasteiger partial charge in [-0.15, -0.1) is 0 Å². The van der Waals surface area contributed by atoms with Crippen molar-refractivity contribution in [2.24, 2.45) is 5.92 Å². The summed E-state index contributed by atoms with van der Waals surface area (Å²) < 4.78 is 5.12. The van der Waals surface area contributed by atoms with Gasteiger partial charge in [0.05, 0.1) is 7.11 Å². The highest BCUT2D eigenvalue weighted by atomic mass is 16.5. The van der Waals surface area contributed by atoms with Gasteiger partial charge in [0.1, 0.15) is 11.8 Å². The largest absolute Gasteiger partial charge is 0.497 e. The lowest BCUT2D eigenvalue weighted by Gasteiger charge is -2.34. The van der Waals surface area contributed by atoms with Crippen molar-refractivity contribution in [1.29, 1.82) is 0 Å². The molecule has 1 aliphatic heterocycles. The number of ether oxygens (including phenoxy) is 1. The molecule has 2 amide bonds. The molecule has 2 aromatic carbocycles. The molecule has 2 N–H and O–H groups in total. The van der Waals surface area contributed by atoms with Gasteiger partial charge in [-0.25, -0.2) is 0 Å². The summed E-state index contributed by atoms with van der Waals surface area (Å²) in [6.07, 6.45) is 0. The van der Waals surface area contributed by atoms with Crippen LogP contribution in [0.3, 0.4) is 0 Å². The second-order valence-corrected chi connectivity index (χ2v) is 8.25. The first-order chi connectivity index (χ1) is 14.9. The van der Waals surface area contributed by atoms with Gasteiger partial charge in [0, 0.05) is 43.1 Å². The summed E-state index contributed by atoms with van der Waals surface area (Å²) in [5.41, 5.74) is 2.35. The predicted octanol–water partition coefficient (Wildman–Crippen LogP) is 2.84. The van der Waals surface area contributed by atoms with Crippen LogP contribution in [0.1, 0.15) is 24.2 Å². The van der Waals surface area contributed by atoms with E-state index >= 15 is 0 Å². The Morgan fingerprint density at radius 2 is 1.55 bits per heavy atom. The van der Waals surface area contributed by atoms with Crippen molar-refractivity contribution >= 4 is 23.2 Å². The van der Waals surface area contributed by atoms with Crippen LogP contribution in [0, 0.1) is 5.92 Å². The quantitative estimate of drug-likeness (QED) is 0.715. The molecule has 1 unspecified atom stereocenters. The van der Waals surface area contributed by atoms with Crippen molar-refractivity contribution < 1.29 is 14.3 Å². The van der Waals surface area contributed by atoms with Gasteiger partial charge < -0.3 is 25.2 Å². The molecule has 7 nitrogen and oxygen atoms in total. The van der Waals surface area contributed by atoms with Crippen LogP contribution in [0.4, 0.5) is 11.4 Å². The van der Waals surface area contributed by atoms with E-state index in [-0.39, 0.29) is 17.7 Å². The maximum atomic E-state index is 12.9. The molecule has 0 aliphatic carbocycles. The number of anilines is 2. The number of nitrogens with zero attached hydrogens (tertiary/aromatic N) is 2. The average Bonchev–Trinajstić information content (AvgIpc) is 2.78. The van der Waals surface area contributed by atoms with E-state index in [2.05, 4.69) is 27.5 Å². The third kappa shape index (κ3) is 5.98. The van der Waals surface area contributed by atoms with Crippen LogP contribution < -0.4 is 20.3 Å². The fourth-order valence-electron chi connectivity index (χ4n) is 3.54.